The Labute approximate surface area is 202 Å². The van der Waals surface area contributed by atoms with Gasteiger partial charge in [-0.2, -0.15) is 13.2 Å². The van der Waals surface area contributed by atoms with Gasteiger partial charge < -0.3 is 16.0 Å². The summed E-state index contributed by atoms with van der Waals surface area (Å²) in [5, 5.41) is 3.55. The van der Waals surface area contributed by atoms with Gasteiger partial charge >= 0.3 is 11.9 Å². The first-order valence-electron chi connectivity index (χ1n) is 10.5. The fourth-order valence-corrected chi connectivity index (χ4v) is 4.30. The van der Waals surface area contributed by atoms with Crippen LogP contribution in [0.4, 0.5) is 27.1 Å². The highest BCUT2D eigenvalue weighted by Crippen LogP contribution is 2.33. The number of alkyl halides is 3. The number of nitrogens with two attached hydrogens (primary N) is 1. The summed E-state index contributed by atoms with van der Waals surface area (Å²) in [5.74, 6) is -3.48. The third-order valence-electron chi connectivity index (χ3n) is 5.33. The standard InChI is InChI=1S/C23H24F5N5OS/c1-4-13(8-18-12(2)32-22(34)33(18)3)7-16-11-31-21(35-16)30-10-15(29)9-14-5-6-17(23(26,27)28)20(25)19(14)24/h4-6,8,11,15H,1,7,9-10,29H2,2-3H3,(H,30,31)(H,32,34)/b13-8+. The number of nitrogens with zero attached hydrogens (tertiary/aromatic N) is 2. The van der Waals surface area contributed by atoms with Gasteiger partial charge in [-0.25, -0.2) is 18.6 Å². The van der Waals surface area contributed by atoms with Crippen LogP contribution in [0.1, 0.15) is 27.4 Å². The van der Waals surface area contributed by atoms with Crippen LogP contribution < -0.4 is 16.7 Å². The van der Waals surface area contributed by atoms with Crippen LogP contribution in [-0.4, -0.2) is 27.1 Å². The second-order valence-corrected chi connectivity index (χ2v) is 9.09. The van der Waals surface area contributed by atoms with Crippen LogP contribution in [0.25, 0.3) is 6.08 Å². The molecule has 1 aromatic carbocycles. The Kier molecular flexibility index (Phi) is 7.96. The van der Waals surface area contributed by atoms with Crippen molar-refractivity contribution in [3.8, 4) is 0 Å². The third kappa shape index (κ3) is 6.25. The van der Waals surface area contributed by atoms with Gasteiger partial charge in [0.05, 0.1) is 11.3 Å². The van der Waals surface area contributed by atoms with E-state index in [0.717, 1.165) is 27.9 Å². The van der Waals surface area contributed by atoms with E-state index in [4.69, 9.17) is 5.73 Å². The molecule has 0 saturated heterocycles. The van der Waals surface area contributed by atoms with E-state index in [1.165, 1.54) is 15.9 Å². The predicted molar refractivity (Wildman–Crippen MR) is 126 cm³/mol. The lowest BCUT2D eigenvalue weighted by Gasteiger charge is -2.15. The lowest BCUT2D eigenvalue weighted by Crippen LogP contribution is -2.31. The van der Waals surface area contributed by atoms with Gasteiger partial charge in [0.15, 0.2) is 16.8 Å². The lowest BCUT2D eigenvalue weighted by molar-refractivity contribution is -0.140. The van der Waals surface area contributed by atoms with Crippen molar-refractivity contribution in [3.05, 3.63) is 86.1 Å². The smallest absolute Gasteiger partial charge is 0.360 e. The maximum atomic E-state index is 14.1. The van der Waals surface area contributed by atoms with E-state index in [2.05, 4.69) is 21.9 Å². The van der Waals surface area contributed by atoms with Crippen LogP contribution in [0, 0.1) is 18.6 Å². The first-order chi connectivity index (χ1) is 16.4. The van der Waals surface area contributed by atoms with Gasteiger partial charge in [0.25, 0.3) is 0 Å². The minimum atomic E-state index is -4.98. The van der Waals surface area contributed by atoms with Crippen molar-refractivity contribution in [2.75, 3.05) is 11.9 Å². The number of hydrogen-bond acceptors (Lipinski definition) is 5. The van der Waals surface area contributed by atoms with E-state index in [9.17, 15) is 26.7 Å². The third-order valence-corrected chi connectivity index (χ3v) is 6.28. The first-order valence-corrected chi connectivity index (χ1v) is 11.3. The van der Waals surface area contributed by atoms with Crippen molar-refractivity contribution in [2.24, 2.45) is 12.8 Å². The molecule has 0 aliphatic rings. The Morgan fingerprint density at radius 3 is 2.66 bits per heavy atom. The SMILES string of the molecule is C=C/C(=C\c1c(C)[nH]c(=O)n1C)Cc1cnc(NCC(N)Cc2ccc(C(F)(F)F)c(F)c2F)s1. The second kappa shape index (κ2) is 10.6. The molecule has 188 valence electrons. The van der Waals surface area contributed by atoms with Gasteiger partial charge in [-0.3, -0.25) is 4.57 Å². The Morgan fingerprint density at radius 1 is 1.34 bits per heavy atom. The number of halogens is 5. The maximum absolute atomic E-state index is 14.1. The highest BCUT2D eigenvalue weighted by atomic mass is 32.1. The summed E-state index contributed by atoms with van der Waals surface area (Å²) in [4.78, 5) is 19.7. The van der Waals surface area contributed by atoms with E-state index in [-0.39, 0.29) is 24.2 Å². The Bertz CT molecular complexity index is 1300. The fourth-order valence-electron chi connectivity index (χ4n) is 3.44. The van der Waals surface area contributed by atoms with Crippen molar-refractivity contribution in [1.82, 2.24) is 14.5 Å². The number of aromatic nitrogens is 3. The predicted octanol–water partition coefficient (Wildman–Crippen LogP) is 4.57. The van der Waals surface area contributed by atoms with E-state index in [1.807, 2.05) is 6.08 Å². The molecule has 6 nitrogen and oxygen atoms in total. The Morgan fingerprint density at radius 2 is 2.06 bits per heavy atom. The molecular formula is C23H24F5N5OS. The average Bonchev–Trinajstić information content (AvgIpc) is 3.33. The zero-order chi connectivity index (χ0) is 25.9. The number of anilines is 1. The van der Waals surface area contributed by atoms with Crippen LogP contribution in [-0.2, 0) is 26.1 Å². The Balaban J connectivity index is 1.61. The van der Waals surface area contributed by atoms with Crippen molar-refractivity contribution in [1.29, 1.82) is 0 Å². The number of benzene rings is 1. The highest BCUT2D eigenvalue weighted by Gasteiger charge is 2.36. The van der Waals surface area contributed by atoms with Gasteiger partial charge in [0.2, 0.25) is 0 Å². The molecule has 0 fully saturated rings. The number of imidazole rings is 1. The number of rotatable bonds is 9. The van der Waals surface area contributed by atoms with Gasteiger partial charge in [-0.15, -0.1) is 11.3 Å². The molecule has 4 N–H and O–H groups in total. The number of thiazole rings is 1. The molecule has 1 unspecified atom stereocenters. The minimum Gasteiger partial charge on any atom is -0.360 e. The van der Waals surface area contributed by atoms with Gasteiger partial charge in [0.1, 0.15) is 0 Å². The molecule has 0 bridgehead atoms. The van der Waals surface area contributed by atoms with E-state index in [0.29, 0.717) is 17.6 Å². The number of hydrogen-bond donors (Lipinski definition) is 3. The molecule has 1 atom stereocenters. The molecule has 0 radical (unpaired) electrons. The van der Waals surface area contributed by atoms with E-state index < -0.39 is 29.4 Å². The van der Waals surface area contributed by atoms with Gasteiger partial charge in [0, 0.05) is 42.8 Å². The van der Waals surface area contributed by atoms with Crippen LogP contribution >= 0.6 is 11.3 Å². The van der Waals surface area contributed by atoms with Crippen LogP contribution in [0.2, 0.25) is 0 Å². The van der Waals surface area contributed by atoms with E-state index in [1.54, 1.807) is 26.2 Å². The number of allylic oxidation sites excluding steroid dienone is 2. The summed E-state index contributed by atoms with van der Waals surface area (Å²) < 4.78 is 67.5. The molecular weight excluding hydrogens is 489 g/mol. The average molecular weight is 514 g/mol. The number of aryl methyl sites for hydroxylation is 1. The molecule has 3 rings (SSSR count). The number of H-pyrrole nitrogens is 1. The largest absolute Gasteiger partial charge is 0.419 e. The summed E-state index contributed by atoms with van der Waals surface area (Å²) in [7, 11) is 1.67. The van der Waals surface area contributed by atoms with Crippen LogP contribution in [0.5, 0.6) is 0 Å². The zero-order valence-electron chi connectivity index (χ0n) is 19.0. The van der Waals surface area contributed by atoms with Crippen molar-refractivity contribution in [2.45, 2.75) is 32.0 Å². The Hall–Kier alpha value is -3.25. The molecule has 2 aromatic heterocycles. The molecule has 12 heteroatoms. The van der Waals surface area contributed by atoms with Crippen molar-refractivity contribution >= 4 is 22.5 Å². The monoisotopic (exact) mass is 513 g/mol. The minimum absolute atomic E-state index is 0.143. The maximum Gasteiger partial charge on any atom is 0.419 e. The number of aromatic amines is 1. The summed E-state index contributed by atoms with van der Waals surface area (Å²) in [6, 6.07) is 0.709. The van der Waals surface area contributed by atoms with Gasteiger partial charge in [-0.05, 0) is 36.6 Å². The molecule has 0 amide bonds. The lowest BCUT2D eigenvalue weighted by atomic mass is 10.0. The first kappa shape index (κ1) is 26.4. The fraction of sp³-hybridized carbons (Fsp3) is 0.304. The molecule has 0 saturated carbocycles. The normalized spacial score (nSPS) is 13.2. The summed E-state index contributed by atoms with van der Waals surface area (Å²) in [6.07, 6.45) is 0.600. The van der Waals surface area contributed by atoms with Gasteiger partial charge in [-0.1, -0.05) is 18.7 Å². The van der Waals surface area contributed by atoms with Crippen LogP contribution in [0.3, 0.4) is 0 Å². The van der Waals surface area contributed by atoms with Crippen LogP contribution in [0.15, 0.2) is 41.4 Å². The van der Waals surface area contributed by atoms with Crippen molar-refractivity contribution in [3.63, 3.8) is 0 Å². The summed E-state index contributed by atoms with van der Waals surface area (Å²) in [6.45, 7) is 5.77. The molecule has 0 aliphatic heterocycles. The topological polar surface area (TPSA) is 88.7 Å². The summed E-state index contributed by atoms with van der Waals surface area (Å²) >= 11 is 1.36. The molecule has 0 aliphatic carbocycles. The molecule has 2 heterocycles. The molecule has 0 spiro atoms. The second-order valence-electron chi connectivity index (χ2n) is 7.97. The summed E-state index contributed by atoms with van der Waals surface area (Å²) in [5.41, 5.74) is 6.22. The highest BCUT2D eigenvalue weighted by molar-refractivity contribution is 7.15. The van der Waals surface area contributed by atoms with Crippen molar-refractivity contribution < 1.29 is 22.0 Å². The quantitative estimate of drug-likeness (QED) is 0.289. The molecule has 35 heavy (non-hydrogen) atoms. The van der Waals surface area contributed by atoms with E-state index >= 15 is 0 Å². The number of nitrogens with one attached hydrogen (secondary N) is 2. The molecule has 3 aromatic rings. The zero-order valence-corrected chi connectivity index (χ0v) is 19.8.